The van der Waals surface area contributed by atoms with E-state index >= 15 is 0 Å². The summed E-state index contributed by atoms with van der Waals surface area (Å²) in [7, 11) is 0. The molecule has 1 aliphatic carbocycles. The van der Waals surface area contributed by atoms with Crippen LogP contribution in [0.4, 0.5) is 0 Å². The van der Waals surface area contributed by atoms with Crippen LogP contribution in [0.1, 0.15) is 45.4 Å². The summed E-state index contributed by atoms with van der Waals surface area (Å²) in [5.41, 5.74) is 0. The maximum atomic E-state index is 3.53. The Labute approximate surface area is 88.0 Å². The molecule has 1 heteroatoms. The maximum absolute atomic E-state index is 3.53. The molecule has 0 saturated carbocycles. The fourth-order valence-corrected chi connectivity index (χ4v) is 1.78. The van der Waals surface area contributed by atoms with Gasteiger partial charge in [-0.2, -0.15) is 0 Å². The van der Waals surface area contributed by atoms with Gasteiger partial charge in [0.15, 0.2) is 0 Å². The molecule has 0 aromatic carbocycles. The zero-order chi connectivity index (χ0) is 10.1. The lowest BCUT2D eigenvalue weighted by atomic mass is 10.0. The summed E-state index contributed by atoms with van der Waals surface area (Å²) in [6, 6.07) is 0.592. The number of hydrogen-bond acceptors (Lipinski definition) is 1. The molecule has 1 rings (SSSR count). The lowest BCUT2D eigenvalue weighted by molar-refractivity contribution is 0.514. The molecule has 0 radical (unpaired) electrons. The SMILES string of the molecule is CC#CCCNC1/C=C\CCCCC1. The van der Waals surface area contributed by atoms with Crippen molar-refractivity contribution in [1.29, 1.82) is 0 Å². The molecule has 0 saturated heterocycles. The van der Waals surface area contributed by atoms with Crippen molar-refractivity contribution < 1.29 is 0 Å². The van der Waals surface area contributed by atoms with Crippen LogP contribution in [-0.4, -0.2) is 12.6 Å². The average molecular weight is 191 g/mol. The van der Waals surface area contributed by atoms with Crippen molar-refractivity contribution in [3.05, 3.63) is 12.2 Å². The van der Waals surface area contributed by atoms with E-state index in [1.54, 1.807) is 0 Å². The van der Waals surface area contributed by atoms with Crippen molar-refractivity contribution in [2.24, 2.45) is 0 Å². The minimum absolute atomic E-state index is 0.592. The monoisotopic (exact) mass is 191 g/mol. The topological polar surface area (TPSA) is 12.0 Å². The van der Waals surface area contributed by atoms with E-state index in [2.05, 4.69) is 29.3 Å². The Morgan fingerprint density at radius 1 is 1.36 bits per heavy atom. The van der Waals surface area contributed by atoms with E-state index in [1.165, 1.54) is 32.1 Å². The summed E-state index contributed by atoms with van der Waals surface area (Å²) in [6.07, 6.45) is 12.3. The van der Waals surface area contributed by atoms with E-state index in [0.29, 0.717) is 6.04 Å². The van der Waals surface area contributed by atoms with Gasteiger partial charge in [0.05, 0.1) is 0 Å². The van der Waals surface area contributed by atoms with Crippen molar-refractivity contribution >= 4 is 0 Å². The van der Waals surface area contributed by atoms with E-state index in [-0.39, 0.29) is 0 Å². The maximum Gasteiger partial charge on any atom is 0.0250 e. The summed E-state index contributed by atoms with van der Waals surface area (Å²) in [6.45, 7) is 2.92. The van der Waals surface area contributed by atoms with Crippen molar-refractivity contribution in [3.63, 3.8) is 0 Å². The summed E-state index contributed by atoms with van der Waals surface area (Å²) in [4.78, 5) is 0. The second-order valence-corrected chi connectivity index (χ2v) is 3.80. The Morgan fingerprint density at radius 3 is 3.14 bits per heavy atom. The largest absolute Gasteiger partial charge is 0.310 e. The second kappa shape index (κ2) is 7.64. The Morgan fingerprint density at radius 2 is 2.29 bits per heavy atom. The predicted octanol–water partition coefficient (Wildman–Crippen LogP) is 2.88. The van der Waals surface area contributed by atoms with E-state index in [0.717, 1.165) is 13.0 Å². The zero-order valence-corrected chi connectivity index (χ0v) is 9.18. The summed E-state index contributed by atoms with van der Waals surface area (Å²) in [5.74, 6) is 6.00. The Hall–Kier alpha value is -0.740. The van der Waals surface area contributed by atoms with E-state index in [9.17, 15) is 0 Å². The Bertz CT molecular complexity index is 219. The van der Waals surface area contributed by atoms with Crippen molar-refractivity contribution in [2.45, 2.75) is 51.5 Å². The van der Waals surface area contributed by atoms with E-state index < -0.39 is 0 Å². The molecule has 0 bridgehead atoms. The number of allylic oxidation sites excluding steroid dienone is 1. The molecule has 0 aliphatic heterocycles. The highest BCUT2D eigenvalue weighted by Gasteiger charge is 2.04. The molecule has 78 valence electrons. The first-order valence-electron chi connectivity index (χ1n) is 5.73. The van der Waals surface area contributed by atoms with E-state index in [1.807, 2.05) is 6.92 Å². The standard InChI is InChI=1S/C13H21N/c1-2-3-9-12-14-13-10-7-5-4-6-8-11-13/h7,10,13-14H,4-6,8-9,11-12H2,1H3/b10-7-. The highest BCUT2D eigenvalue weighted by molar-refractivity contribution is 4.98. The highest BCUT2D eigenvalue weighted by Crippen LogP contribution is 2.11. The van der Waals surface area contributed by atoms with Crippen LogP contribution in [0.3, 0.4) is 0 Å². The lowest BCUT2D eigenvalue weighted by Gasteiger charge is -2.15. The average Bonchev–Trinajstić information content (AvgIpc) is 2.15. The van der Waals surface area contributed by atoms with Crippen LogP contribution in [0.15, 0.2) is 12.2 Å². The first-order chi connectivity index (χ1) is 6.93. The minimum atomic E-state index is 0.592. The fraction of sp³-hybridized carbons (Fsp3) is 0.692. The van der Waals surface area contributed by atoms with Crippen LogP contribution in [-0.2, 0) is 0 Å². The molecule has 1 N–H and O–H groups in total. The first-order valence-corrected chi connectivity index (χ1v) is 5.73. The highest BCUT2D eigenvalue weighted by atomic mass is 14.9. The quantitative estimate of drug-likeness (QED) is 0.411. The second-order valence-electron chi connectivity index (χ2n) is 3.80. The smallest absolute Gasteiger partial charge is 0.0250 e. The number of hydrogen-bond donors (Lipinski definition) is 1. The zero-order valence-electron chi connectivity index (χ0n) is 9.18. The van der Waals surface area contributed by atoms with Crippen LogP contribution in [0.5, 0.6) is 0 Å². The predicted molar refractivity (Wildman–Crippen MR) is 62.1 cm³/mol. The molecule has 14 heavy (non-hydrogen) atoms. The minimum Gasteiger partial charge on any atom is -0.310 e. The summed E-state index contributed by atoms with van der Waals surface area (Å²) in [5, 5.41) is 3.53. The van der Waals surface area contributed by atoms with Crippen LogP contribution < -0.4 is 5.32 Å². The summed E-state index contributed by atoms with van der Waals surface area (Å²) < 4.78 is 0. The first kappa shape index (κ1) is 11.3. The van der Waals surface area contributed by atoms with Gasteiger partial charge >= 0.3 is 0 Å². The third-order valence-corrected chi connectivity index (χ3v) is 2.59. The van der Waals surface area contributed by atoms with Gasteiger partial charge in [-0.1, -0.05) is 25.0 Å². The third-order valence-electron chi connectivity index (χ3n) is 2.59. The fourth-order valence-electron chi connectivity index (χ4n) is 1.78. The molecule has 0 spiro atoms. The molecule has 1 aliphatic rings. The molecule has 1 unspecified atom stereocenters. The molecule has 0 amide bonds. The van der Waals surface area contributed by atoms with Gasteiger partial charge in [-0.15, -0.1) is 11.8 Å². The molecular formula is C13H21N. The van der Waals surface area contributed by atoms with Gasteiger partial charge in [0, 0.05) is 19.0 Å². The molecule has 0 aromatic rings. The molecule has 1 atom stereocenters. The van der Waals surface area contributed by atoms with Crippen LogP contribution in [0.25, 0.3) is 0 Å². The van der Waals surface area contributed by atoms with Gasteiger partial charge < -0.3 is 5.32 Å². The van der Waals surface area contributed by atoms with Gasteiger partial charge in [0.1, 0.15) is 0 Å². The Balaban J connectivity index is 2.18. The van der Waals surface area contributed by atoms with Crippen LogP contribution in [0, 0.1) is 11.8 Å². The number of rotatable bonds is 3. The number of nitrogens with one attached hydrogen (secondary N) is 1. The van der Waals surface area contributed by atoms with Gasteiger partial charge in [-0.25, -0.2) is 0 Å². The molecule has 0 fully saturated rings. The van der Waals surface area contributed by atoms with Crippen molar-refractivity contribution in [3.8, 4) is 11.8 Å². The molecule has 0 aromatic heterocycles. The molecule has 0 heterocycles. The normalized spacial score (nSPS) is 24.2. The Kier molecular flexibility index (Phi) is 6.19. The van der Waals surface area contributed by atoms with Gasteiger partial charge in [0.25, 0.3) is 0 Å². The van der Waals surface area contributed by atoms with Crippen LogP contribution >= 0.6 is 0 Å². The van der Waals surface area contributed by atoms with Crippen molar-refractivity contribution in [2.75, 3.05) is 6.54 Å². The van der Waals surface area contributed by atoms with Gasteiger partial charge in [0.2, 0.25) is 0 Å². The molecular weight excluding hydrogens is 170 g/mol. The third kappa shape index (κ3) is 5.09. The lowest BCUT2D eigenvalue weighted by Crippen LogP contribution is -2.28. The van der Waals surface area contributed by atoms with Crippen LogP contribution in [0.2, 0.25) is 0 Å². The van der Waals surface area contributed by atoms with E-state index in [4.69, 9.17) is 0 Å². The van der Waals surface area contributed by atoms with Gasteiger partial charge in [-0.3, -0.25) is 0 Å². The summed E-state index contributed by atoms with van der Waals surface area (Å²) >= 11 is 0. The van der Waals surface area contributed by atoms with Gasteiger partial charge in [-0.05, 0) is 26.2 Å². The van der Waals surface area contributed by atoms with Crippen molar-refractivity contribution in [1.82, 2.24) is 5.32 Å². The molecule has 1 nitrogen and oxygen atoms in total.